The first-order chi connectivity index (χ1) is 8.33. The maximum Gasteiger partial charge on any atom is 0.104 e. The van der Waals surface area contributed by atoms with Gasteiger partial charge in [0.25, 0.3) is 0 Å². The van der Waals surface area contributed by atoms with Crippen LogP contribution in [0.25, 0.3) is 0 Å². The van der Waals surface area contributed by atoms with Crippen LogP contribution in [0.1, 0.15) is 36.1 Å². The monoisotopic (exact) mass is 226 g/mol. The number of hydrogen-bond donors (Lipinski definition) is 1. The Labute approximate surface area is 103 Å². The van der Waals surface area contributed by atoms with Crippen LogP contribution in [0.15, 0.2) is 54.6 Å². The van der Waals surface area contributed by atoms with Crippen LogP contribution >= 0.6 is 0 Å². The average Bonchev–Trinajstić information content (AvgIpc) is 2.40. The van der Waals surface area contributed by atoms with Gasteiger partial charge in [-0.05, 0) is 23.1 Å². The third kappa shape index (κ3) is 2.75. The van der Waals surface area contributed by atoms with Crippen LogP contribution in [0.2, 0.25) is 0 Å². The minimum absolute atomic E-state index is 0.515. The second kappa shape index (κ2) is 5.65. The van der Waals surface area contributed by atoms with Crippen LogP contribution in [0, 0.1) is 0 Å². The van der Waals surface area contributed by atoms with Crippen molar-refractivity contribution < 1.29 is 5.11 Å². The van der Waals surface area contributed by atoms with Gasteiger partial charge in [0.2, 0.25) is 0 Å². The van der Waals surface area contributed by atoms with Gasteiger partial charge in [-0.2, -0.15) is 0 Å². The lowest BCUT2D eigenvalue weighted by Gasteiger charge is -2.15. The molecule has 0 amide bonds. The van der Waals surface area contributed by atoms with E-state index in [0.717, 1.165) is 24.0 Å². The van der Waals surface area contributed by atoms with Crippen molar-refractivity contribution in [1.29, 1.82) is 0 Å². The molecule has 0 aromatic heterocycles. The van der Waals surface area contributed by atoms with Crippen molar-refractivity contribution in [3.8, 4) is 0 Å². The van der Waals surface area contributed by atoms with Gasteiger partial charge in [-0.3, -0.25) is 0 Å². The van der Waals surface area contributed by atoms with E-state index in [-0.39, 0.29) is 0 Å². The van der Waals surface area contributed by atoms with Crippen molar-refractivity contribution in [3.05, 3.63) is 71.3 Å². The van der Waals surface area contributed by atoms with E-state index in [0.29, 0.717) is 0 Å². The highest BCUT2D eigenvalue weighted by atomic mass is 16.3. The van der Waals surface area contributed by atoms with Gasteiger partial charge < -0.3 is 5.11 Å². The average molecular weight is 226 g/mol. The van der Waals surface area contributed by atoms with Crippen LogP contribution < -0.4 is 0 Å². The van der Waals surface area contributed by atoms with Crippen LogP contribution in [-0.4, -0.2) is 5.11 Å². The summed E-state index contributed by atoms with van der Waals surface area (Å²) >= 11 is 0. The van der Waals surface area contributed by atoms with Gasteiger partial charge in [-0.1, -0.05) is 67.9 Å². The molecular weight excluding hydrogens is 208 g/mol. The molecule has 2 rings (SSSR count). The van der Waals surface area contributed by atoms with Gasteiger partial charge in [0.05, 0.1) is 0 Å². The highest BCUT2D eigenvalue weighted by Crippen LogP contribution is 2.25. The molecule has 0 spiro atoms. The van der Waals surface area contributed by atoms with E-state index in [4.69, 9.17) is 0 Å². The van der Waals surface area contributed by atoms with E-state index in [2.05, 4.69) is 13.0 Å². The number of hydrogen-bond acceptors (Lipinski definition) is 1. The summed E-state index contributed by atoms with van der Waals surface area (Å²) in [5, 5.41) is 10.4. The van der Waals surface area contributed by atoms with E-state index in [1.54, 1.807) is 0 Å². The first kappa shape index (κ1) is 11.9. The van der Waals surface area contributed by atoms with Gasteiger partial charge in [0.15, 0.2) is 0 Å². The van der Waals surface area contributed by atoms with Crippen molar-refractivity contribution in [3.63, 3.8) is 0 Å². The molecule has 1 nitrogen and oxygen atoms in total. The standard InChI is InChI=1S/C16H18O/c1-2-8-13-9-6-7-12-15(13)16(17)14-10-4-3-5-11-14/h3-7,9-12,16-17H,2,8H2,1H3/t16-/m0/s1. The lowest BCUT2D eigenvalue weighted by molar-refractivity contribution is 0.219. The molecule has 17 heavy (non-hydrogen) atoms. The highest BCUT2D eigenvalue weighted by molar-refractivity contribution is 5.35. The van der Waals surface area contributed by atoms with Gasteiger partial charge in [-0.25, -0.2) is 0 Å². The largest absolute Gasteiger partial charge is 0.384 e. The number of aliphatic hydroxyl groups excluding tert-OH is 1. The molecule has 0 bridgehead atoms. The Morgan fingerprint density at radius 2 is 1.59 bits per heavy atom. The molecule has 0 aliphatic heterocycles. The third-order valence-corrected chi connectivity index (χ3v) is 2.98. The Bertz CT molecular complexity index is 462. The second-order valence-corrected chi connectivity index (χ2v) is 4.26. The van der Waals surface area contributed by atoms with Crippen molar-refractivity contribution >= 4 is 0 Å². The number of benzene rings is 2. The highest BCUT2D eigenvalue weighted by Gasteiger charge is 2.12. The molecule has 0 fully saturated rings. The number of rotatable bonds is 4. The number of aryl methyl sites for hydroxylation is 1. The zero-order chi connectivity index (χ0) is 12.1. The molecule has 0 unspecified atom stereocenters. The molecular formula is C16H18O. The molecule has 1 heteroatoms. The Morgan fingerprint density at radius 1 is 0.941 bits per heavy atom. The molecule has 88 valence electrons. The maximum absolute atomic E-state index is 10.4. The molecule has 0 saturated heterocycles. The normalized spacial score (nSPS) is 12.4. The minimum Gasteiger partial charge on any atom is -0.384 e. The van der Waals surface area contributed by atoms with E-state index >= 15 is 0 Å². The second-order valence-electron chi connectivity index (χ2n) is 4.26. The van der Waals surface area contributed by atoms with Gasteiger partial charge in [0.1, 0.15) is 6.10 Å². The van der Waals surface area contributed by atoms with E-state index in [9.17, 15) is 5.11 Å². The Morgan fingerprint density at radius 3 is 2.29 bits per heavy atom. The predicted molar refractivity (Wildman–Crippen MR) is 70.9 cm³/mol. The molecule has 0 aliphatic carbocycles. The van der Waals surface area contributed by atoms with Crippen molar-refractivity contribution in [2.75, 3.05) is 0 Å². The molecule has 1 N–H and O–H groups in total. The summed E-state index contributed by atoms with van der Waals surface area (Å²) in [7, 11) is 0. The molecule has 1 atom stereocenters. The Balaban J connectivity index is 2.33. The van der Waals surface area contributed by atoms with E-state index in [1.165, 1.54) is 5.56 Å². The van der Waals surface area contributed by atoms with Crippen LogP contribution in [-0.2, 0) is 6.42 Å². The topological polar surface area (TPSA) is 20.2 Å². The van der Waals surface area contributed by atoms with Gasteiger partial charge in [0, 0.05) is 0 Å². The molecule has 0 radical (unpaired) electrons. The lowest BCUT2D eigenvalue weighted by Crippen LogP contribution is -2.03. The molecule has 0 saturated carbocycles. The summed E-state index contributed by atoms with van der Waals surface area (Å²) in [5.41, 5.74) is 3.22. The summed E-state index contributed by atoms with van der Waals surface area (Å²) < 4.78 is 0. The van der Waals surface area contributed by atoms with E-state index < -0.39 is 6.10 Å². The Kier molecular flexibility index (Phi) is 3.94. The minimum atomic E-state index is -0.515. The molecule has 0 aliphatic rings. The lowest BCUT2D eigenvalue weighted by atomic mass is 9.95. The summed E-state index contributed by atoms with van der Waals surface area (Å²) in [5.74, 6) is 0. The van der Waals surface area contributed by atoms with E-state index in [1.807, 2.05) is 48.5 Å². The summed E-state index contributed by atoms with van der Waals surface area (Å²) in [6, 6.07) is 18.0. The first-order valence-electron chi connectivity index (χ1n) is 6.13. The molecule has 2 aromatic carbocycles. The third-order valence-electron chi connectivity index (χ3n) is 2.98. The molecule has 2 aromatic rings. The summed E-state index contributed by atoms with van der Waals surface area (Å²) in [6.45, 7) is 2.16. The van der Waals surface area contributed by atoms with Crippen LogP contribution in [0.5, 0.6) is 0 Å². The van der Waals surface area contributed by atoms with Crippen molar-refractivity contribution in [1.82, 2.24) is 0 Å². The van der Waals surface area contributed by atoms with Crippen molar-refractivity contribution in [2.45, 2.75) is 25.9 Å². The molecule has 0 heterocycles. The summed E-state index contributed by atoms with van der Waals surface area (Å²) in [4.78, 5) is 0. The first-order valence-corrected chi connectivity index (χ1v) is 6.13. The summed E-state index contributed by atoms with van der Waals surface area (Å²) in [6.07, 6.45) is 1.59. The number of aliphatic hydroxyl groups is 1. The zero-order valence-corrected chi connectivity index (χ0v) is 10.1. The predicted octanol–water partition coefficient (Wildman–Crippen LogP) is 3.72. The van der Waals surface area contributed by atoms with Crippen LogP contribution in [0.3, 0.4) is 0 Å². The van der Waals surface area contributed by atoms with Crippen LogP contribution in [0.4, 0.5) is 0 Å². The fraction of sp³-hybridized carbons (Fsp3) is 0.250. The maximum atomic E-state index is 10.4. The van der Waals surface area contributed by atoms with Gasteiger partial charge >= 0.3 is 0 Å². The quantitative estimate of drug-likeness (QED) is 0.842. The van der Waals surface area contributed by atoms with Crippen molar-refractivity contribution in [2.24, 2.45) is 0 Å². The fourth-order valence-corrected chi connectivity index (χ4v) is 2.11. The van der Waals surface area contributed by atoms with Gasteiger partial charge in [-0.15, -0.1) is 0 Å². The SMILES string of the molecule is CCCc1ccccc1[C@@H](O)c1ccccc1. The Hall–Kier alpha value is -1.60. The zero-order valence-electron chi connectivity index (χ0n) is 10.1. The smallest absolute Gasteiger partial charge is 0.104 e. The fourth-order valence-electron chi connectivity index (χ4n) is 2.11.